The van der Waals surface area contributed by atoms with Crippen molar-refractivity contribution in [3.05, 3.63) is 59.2 Å². The van der Waals surface area contributed by atoms with E-state index in [1.807, 2.05) is 0 Å². The molecule has 6 nitrogen and oxygen atoms in total. The van der Waals surface area contributed by atoms with Gasteiger partial charge in [0.25, 0.3) is 11.8 Å². The zero-order valence-corrected chi connectivity index (χ0v) is 16.0. The van der Waals surface area contributed by atoms with E-state index in [1.165, 1.54) is 14.2 Å². The number of hydroxylamine groups is 1. The molecule has 0 unspecified atom stereocenters. The molecular formula is C21H20F2N2O4. The van der Waals surface area contributed by atoms with Gasteiger partial charge in [-0.1, -0.05) is 12.1 Å². The summed E-state index contributed by atoms with van der Waals surface area (Å²) in [7, 11) is 2.78. The van der Waals surface area contributed by atoms with Crippen molar-refractivity contribution in [1.82, 2.24) is 5.48 Å². The standard InChI is InChI=1S/C21H20F2N2O4/c1-28-14-6-3-5-12(9-14)13-10-17(22)19(18(23)11-13)24-20(26)15-7-4-8-16(15)21(27)25-29-2/h3,5-6,9-11H,4,7-8H2,1-2H3,(H,24,26)(H,25,27). The first kappa shape index (κ1) is 20.5. The van der Waals surface area contributed by atoms with E-state index < -0.39 is 29.1 Å². The molecule has 0 fully saturated rings. The molecule has 2 amide bonds. The quantitative estimate of drug-likeness (QED) is 0.722. The van der Waals surface area contributed by atoms with Crippen molar-refractivity contribution in [1.29, 1.82) is 0 Å². The van der Waals surface area contributed by atoms with E-state index in [2.05, 4.69) is 15.6 Å². The van der Waals surface area contributed by atoms with Gasteiger partial charge in [0.2, 0.25) is 0 Å². The highest BCUT2D eigenvalue weighted by atomic mass is 19.1. The Morgan fingerprint density at radius 3 is 2.21 bits per heavy atom. The topological polar surface area (TPSA) is 76.7 Å². The first-order chi connectivity index (χ1) is 13.9. The van der Waals surface area contributed by atoms with Crippen LogP contribution in [0.15, 0.2) is 47.5 Å². The molecule has 0 atom stereocenters. The van der Waals surface area contributed by atoms with Crippen LogP contribution in [-0.2, 0) is 14.4 Å². The largest absolute Gasteiger partial charge is 0.497 e. The third-order valence-corrected chi connectivity index (χ3v) is 4.64. The molecule has 8 heteroatoms. The van der Waals surface area contributed by atoms with Crippen molar-refractivity contribution in [2.75, 3.05) is 19.5 Å². The number of benzene rings is 2. The molecule has 1 aliphatic carbocycles. The molecule has 0 aliphatic heterocycles. The Kier molecular flexibility index (Phi) is 6.23. The van der Waals surface area contributed by atoms with Gasteiger partial charge in [0.1, 0.15) is 23.1 Å². The minimum Gasteiger partial charge on any atom is -0.497 e. The Labute approximate surface area is 166 Å². The Morgan fingerprint density at radius 2 is 1.59 bits per heavy atom. The Balaban J connectivity index is 1.87. The third-order valence-electron chi connectivity index (χ3n) is 4.64. The SMILES string of the molecule is CONC(=O)C1=C(C(=O)Nc2c(F)cc(-c3cccc(OC)c3)cc2F)CCC1. The van der Waals surface area contributed by atoms with Crippen LogP contribution in [0.2, 0.25) is 0 Å². The van der Waals surface area contributed by atoms with Gasteiger partial charge in [-0.25, -0.2) is 14.3 Å². The lowest BCUT2D eigenvalue weighted by Gasteiger charge is -2.12. The lowest BCUT2D eigenvalue weighted by Crippen LogP contribution is -2.26. The maximum absolute atomic E-state index is 14.6. The average molecular weight is 402 g/mol. The number of amides is 2. The number of hydrogen-bond donors (Lipinski definition) is 2. The summed E-state index contributed by atoms with van der Waals surface area (Å²) < 4.78 is 34.3. The Hall–Kier alpha value is -3.26. The van der Waals surface area contributed by atoms with Crippen molar-refractivity contribution < 1.29 is 27.9 Å². The Morgan fingerprint density at radius 1 is 0.931 bits per heavy atom. The lowest BCUT2D eigenvalue weighted by molar-refractivity contribution is -0.127. The van der Waals surface area contributed by atoms with Crippen LogP contribution in [-0.4, -0.2) is 26.0 Å². The molecule has 152 valence electrons. The van der Waals surface area contributed by atoms with Gasteiger partial charge in [0.05, 0.1) is 14.2 Å². The lowest BCUT2D eigenvalue weighted by atomic mass is 10.0. The molecule has 2 N–H and O–H groups in total. The highest BCUT2D eigenvalue weighted by molar-refractivity contribution is 6.10. The van der Waals surface area contributed by atoms with Crippen LogP contribution in [0.5, 0.6) is 5.75 Å². The number of rotatable bonds is 6. The number of carbonyl (C=O) groups is 2. The third kappa shape index (κ3) is 4.43. The molecule has 0 radical (unpaired) electrons. The second kappa shape index (κ2) is 8.83. The van der Waals surface area contributed by atoms with Crippen molar-refractivity contribution in [2.24, 2.45) is 0 Å². The van der Waals surface area contributed by atoms with Gasteiger partial charge in [0, 0.05) is 11.1 Å². The summed E-state index contributed by atoms with van der Waals surface area (Å²) in [5.74, 6) is -2.54. The number of hydrogen-bond acceptors (Lipinski definition) is 4. The molecule has 2 aromatic carbocycles. The molecule has 0 aromatic heterocycles. The Bertz CT molecular complexity index is 965. The van der Waals surface area contributed by atoms with E-state index >= 15 is 0 Å². The van der Waals surface area contributed by atoms with Crippen molar-refractivity contribution in [2.45, 2.75) is 19.3 Å². The fourth-order valence-electron chi connectivity index (χ4n) is 3.25. The molecule has 0 saturated carbocycles. The van der Waals surface area contributed by atoms with Crippen LogP contribution in [0.1, 0.15) is 19.3 Å². The zero-order valence-electron chi connectivity index (χ0n) is 16.0. The normalized spacial score (nSPS) is 13.4. The first-order valence-corrected chi connectivity index (χ1v) is 8.94. The van der Waals surface area contributed by atoms with Crippen molar-refractivity contribution in [3.8, 4) is 16.9 Å². The van der Waals surface area contributed by atoms with Gasteiger partial charge in [-0.3, -0.25) is 14.4 Å². The number of methoxy groups -OCH3 is 1. The average Bonchev–Trinajstić information content (AvgIpc) is 3.21. The fraction of sp³-hybridized carbons (Fsp3) is 0.238. The van der Waals surface area contributed by atoms with E-state index in [9.17, 15) is 18.4 Å². The molecule has 2 aromatic rings. The predicted molar refractivity (Wildman–Crippen MR) is 103 cm³/mol. The number of ether oxygens (including phenoxy) is 1. The highest BCUT2D eigenvalue weighted by Gasteiger charge is 2.27. The van der Waals surface area contributed by atoms with Gasteiger partial charge < -0.3 is 10.1 Å². The summed E-state index contributed by atoms with van der Waals surface area (Å²) in [4.78, 5) is 29.1. The minimum atomic E-state index is -0.919. The number of nitrogens with one attached hydrogen (secondary N) is 2. The molecular weight excluding hydrogens is 382 g/mol. The van der Waals surface area contributed by atoms with Gasteiger partial charge in [-0.15, -0.1) is 0 Å². The predicted octanol–water partition coefficient (Wildman–Crippen LogP) is 3.74. The van der Waals surface area contributed by atoms with Gasteiger partial charge in [-0.2, -0.15) is 0 Å². The molecule has 3 rings (SSSR count). The number of anilines is 1. The van der Waals surface area contributed by atoms with Crippen molar-refractivity contribution in [3.63, 3.8) is 0 Å². The van der Waals surface area contributed by atoms with E-state index in [-0.39, 0.29) is 11.1 Å². The van der Waals surface area contributed by atoms with E-state index in [0.717, 1.165) is 12.1 Å². The van der Waals surface area contributed by atoms with Gasteiger partial charge >= 0.3 is 0 Å². The van der Waals surface area contributed by atoms with Crippen LogP contribution in [0.25, 0.3) is 11.1 Å². The van der Waals surface area contributed by atoms with Crippen LogP contribution < -0.4 is 15.5 Å². The molecule has 0 spiro atoms. The first-order valence-electron chi connectivity index (χ1n) is 8.94. The summed E-state index contributed by atoms with van der Waals surface area (Å²) in [6, 6.07) is 9.04. The van der Waals surface area contributed by atoms with E-state index in [1.54, 1.807) is 24.3 Å². The van der Waals surface area contributed by atoms with Crippen LogP contribution in [0.3, 0.4) is 0 Å². The molecule has 0 bridgehead atoms. The van der Waals surface area contributed by atoms with Crippen LogP contribution in [0, 0.1) is 11.6 Å². The van der Waals surface area contributed by atoms with E-state index in [0.29, 0.717) is 36.1 Å². The molecule has 29 heavy (non-hydrogen) atoms. The van der Waals surface area contributed by atoms with Crippen LogP contribution in [0.4, 0.5) is 14.5 Å². The smallest absolute Gasteiger partial charge is 0.271 e. The highest BCUT2D eigenvalue weighted by Crippen LogP contribution is 2.31. The number of halogens is 2. The second-order valence-electron chi connectivity index (χ2n) is 6.45. The second-order valence-corrected chi connectivity index (χ2v) is 6.45. The monoisotopic (exact) mass is 402 g/mol. The summed E-state index contributed by atoms with van der Waals surface area (Å²) in [5, 5.41) is 2.26. The van der Waals surface area contributed by atoms with E-state index in [4.69, 9.17) is 4.74 Å². The molecule has 1 aliphatic rings. The molecule has 0 saturated heterocycles. The fourth-order valence-corrected chi connectivity index (χ4v) is 3.25. The summed E-state index contributed by atoms with van der Waals surface area (Å²) in [6.45, 7) is 0. The summed E-state index contributed by atoms with van der Waals surface area (Å²) in [5.41, 5.74) is 2.90. The van der Waals surface area contributed by atoms with Gasteiger partial charge in [0.15, 0.2) is 0 Å². The summed E-state index contributed by atoms with van der Waals surface area (Å²) in [6.07, 6.45) is 1.32. The maximum atomic E-state index is 14.6. The van der Waals surface area contributed by atoms with Crippen LogP contribution >= 0.6 is 0 Å². The van der Waals surface area contributed by atoms with Gasteiger partial charge in [-0.05, 0) is 54.7 Å². The zero-order chi connectivity index (χ0) is 21.0. The number of carbonyl (C=O) groups excluding carboxylic acids is 2. The maximum Gasteiger partial charge on any atom is 0.271 e. The van der Waals surface area contributed by atoms with Crippen molar-refractivity contribution >= 4 is 17.5 Å². The summed E-state index contributed by atoms with van der Waals surface area (Å²) >= 11 is 0. The minimum absolute atomic E-state index is 0.190. The molecule has 0 heterocycles.